The van der Waals surface area contributed by atoms with Gasteiger partial charge in [0.2, 0.25) is 0 Å². The number of terminal acetylenes is 1. The summed E-state index contributed by atoms with van der Waals surface area (Å²) in [5.41, 5.74) is 1.02. The van der Waals surface area contributed by atoms with Crippen LogP contribution in [0.5, 0.6) is 0 Å². The lowest BCUT2D eigenvalue weighted by Gasteiger charge is -2.32. The molecule has 1 saturated heterocycles. The maximum atomic E-state index is 5.68. The maximum absolute atomic E-state index is 5.68. The van der Waals surface area contributed by atoms with Gasteiger partial charge in [-0.25, -0.2) is 0 Å². The van der Waals surface area contributed by atoms with Gasteiger partial charge in [-0.05, 0) is 0 Å². The Morgan fingerprint density at radius 2 is 2.07 bits per heavy atom. The molecular weight excluding hydrogens is 188 g/mol. The Morgan fingerprint density at radius 3 is 2.73 bits per heavy atom. The molecule has 0 amide bonds. The average molecular weight is 202 g/mol. The highest BCUT2D eigenvalue weighted by atomic mass is 16.7. The van der Waals surface area contributed by atoms with E-state index >= 15 is 0 Å². The highest BCUT2D eigenvalue weighted by Gasteiger charge is 2.28. The van der Waals surface area contributed by atoms with Crippen LogP contribution in [0.3, 0.4) is 0 Å². The van der Waals surface area contributed by atoms with Crippen molar-refractivity contribution in [3.05, 3.63) is 35.9 Å². The molecule has 0 N–H and O–H groups in total. The first-order valence-corrected chi connectivity index (χ1v) is 5.09. The van der Waals surface area contributed by atoms with E-state index in [9.17, 15) is 0 Å². The van der Waals surface area contributed by atoms with Crippen LogP contribution < -0.4 is 0 Å². The third kappa shape index (κ3) is 2.20. The van der Waals surface area contributed by atoms with Crippen LogP contribution in [0.15, 0.2) is 30.3 Å². The van der Waals surface area contributed by atoms with Crippen molar-refractivity contribution >= 4 is 0 Å². The van der Waals surface area contributed by atoms with Crippen LogP contribution in [0.4, 0.5) is 0 Å². The Hall–Kier alpha value is -1.30. The van der Waals surface area contributed by atoms with Gasteiger partial charge in [-0.3, -0.25) is 0 Å². The number of hydrogen-bond acceptors (Lipinski definition) is 2. The maximum Gasteiger partial charge on any atom is 0.185 e. The van der Waals surface area contributed by atoms with Crippen molar-refractivity contribution in [3.63, 3.8) is 0 Å². The molecule has 1 heterocycles. The summed E-state index contributed by atoms with van der Waals surface area (Å²) in [6, 6.07) is 9.85. The Labute approximate surface area is 90.2 Å². The molecule has 2 heteroatoms. The van der Waals surface area contributed by atoms with Crippen molar-refractivity contribution in [1.29, 1.82) is 0 Å². The van der Waals surface area contributed by atoms with E-state index in [1.165, 1.54) is 0 Å². The van der Waals surface area contributed by atoms with Gasteiger partial charge in [0.15, 0.2) is 6.29 Å². The molecule has 0 radical (unpaired) electrons. The number of hydrogen-bond donors (Lipinski definition) is 0. The van der Waals surface area contributed by atoms with Crippen LogP contribution >= 0.6 is 0 Å². The van der Waals surface area contributed by atoms with E-state index in [1.807, 2.05) is 37.3 Å². The van der Waals surface area contributed by atoms with E-state index < -0.39 is 0 Å². The molecule has 0 aliphatic carbocycles. The third-order valence-corrected chi connectivity index (χ3v) is 2.53. The van der Waals surface area contributed by atoms with Gasteiger partial charge in [0.25, 0.3) is 0 Å². The van der Waals surface area contributed by atoms with Gasteiger partial charge in [0, 0.05) is 11.5 Å². The molecule has 15 heavy (non-hydrogen) atoms. The summed E-state index contributed by atoms with van der Waals surface area (Å²) in [5, 5.41) is 0. The van der Waals surface area contributed by atoms with Gasteiger partial charge in [0.1, 0.15) is 6.10 Å². The minimum atomic E-state index is -0.316. The number of benzene rings is 1. The molecule has 0 saturated carbocycles. The van der Waals surface area contributed by atoms with Crippen molar-refractivity contribution in [3.8, 4) is 12.3 Å². The van der Waals surface area contributed by atoms with E-state index in [1.54, 1.807) is 0 Å². The van der Waals surface area contributed by atoms with Crippen molar-refractivity contribution < 1.29 is 9.47 Å². The standard InChI is InChI=1S/C13H14O2/c1-3-12-10(2)9-14-13(15-12)11-7-5-4-6-8-11/h1,4-8,10,12-13H,9H2,2H3/t10-,12+,13-/m0/s1. The van der Waals surface area contributed by atoms with Crippen LogP contribution in [-0.2, 0) is 9.47 Å². The SMILES string of the molecule is C#C[C@H]1O[C@@H](c2ccccc2)OC[C@@H]1C. The van der Waals surface area contributed by atoms with Crippen LogP contribution in [0, 0.1) is 18.3 Å². The second-order valence-corrected chi connectivity index (χ2v) is 3.78. The second kappa shape index (κ2) is 4.48. The molecule has 0 aromatic heterocycles. The summed E-state index contributed by atoms with van der Waals surface area (Å²) >= 11 is 0. The molecule has 0 bridgehead atoms. The van der Waals surface area contributed by atoms with E-state index in [-0.39, 0.29) is 18.3 Å². The zero-order chi connectivity index (χ0) is 10.7. The fraction of sp³-hybridized carbons (Fsp3) is 0.385. The molecular formula is C13H14O2. The largest absolute Gasteiger partial charge is 0.348 e. The fourth-order valence-corrected chi connectivity index (χ4v) is 1.62. The molecule has 1 aliphatic heterocycles. The smallest absolute Gasteiger partial charge is 0.185 e. The molecule has 0 unspecified atom stereocenters. The summed E-state index contributed by atoms with van der Waals surface area (Å²) in [7, 11) is 0. The summed E-state index contributed by atoms with van der Waals surface area (Å²) < 4.78 is 11.3. The Kier molecular flexibility index (Phi) is 3.05. The molecule has 78 valence electrons. The topological polar surface area (TPSA) is 18.5 Å². The van der Waals surface area contributed by atoms with Crippen LogP contribution in [0.1, 0.15) is 18.8 Å². The summed E-state index contributed by atoms with van der Waals surface area (Å²) in [4.78, 5) is 0. The summed E-state index contributed by atoms with van der Waals surface area (Å²) in [6.07, 6.45) is 4.94. The van der Waals surface area contributed by atoms with Gasteiger partial charge < -0.3 is 9.47 Å². The van der Waals surface area contributed by atoms with Crippen molar-refractivity contribution in [1.82, 2.24) is 0 Å². The lowest BCUT2D eigenvalue weighted by Crippen LogP contribution is -2.33. The molecule has 3 atom stereocenters. The second-order valence-electron chi connectivity index (χ2n) is 3.78. The number of ether oxygens (including phenoxy) is 2. The van der Waals surface area contributed by atoms with Crippen molar-refractivity contribution in [2.24, 2.45) is 5.92 Å². The zero-order valence-corrected chi connectivity index (χ0v) is 8.72. The Morgan fingerprint density at radius 1 is 1.33 bits per heavy atom. The van der Waals surface area contributed by atoms with Crippen molar-refractivity contribution in [2.75, 3.05) is 6.61 Å². The molecule has 1 aromatic carbocycles. The third-order valence-electron chi connectivity index (χ3n) is 2.53. The Bertz CT molecular complexity index is 353. The molecule has 1 aliphatic rings. The Balaban J connectivity index is 2.10. The van der Waals surface area contributed by atoms with Gasteiger partial charge in [-0.1, -0.05) is 43.2 Å². The summed E-state index contributed by atoms with van der Waals surface area (Å²) in [6.45, 7) is 2.68. The van der Waals surface area contributed by atoms with Gasteiger partial charge >= 0.3 is 0 Å². The van der Waals surface area contributed by atoms with E-state index in [0.717, 1.165) is 5.56 Å². The molecule has 2 nitrogen and oxygen atoms in total. The molecule has 1 aromatic rings. The lowest BCUT2D eigenvalue weighted by atomic mass is 10.1. The van der Waals surface area contributed by atoms with E-state index in [0.29, 0.717) is 6.61 Å². The molecule has 1 fully saturated rings. The van der Waals surface area contributed by atoms with Crippen LogP contribution in [-0.4, -0.2) is 12.7 Å². The zero-order valence-electron chi connectivity index (χ0n) is 8.72. The molecule has 0 spiro atoms. The summed E-state index contributed by atoms with van der Waals surface area (Å²) in [5.74, 6) is 2.91. The normalized spacial score (nSPS) is 30.8. The van der Waals surface area contributed by atoms with Gasteiger partial charge in [0.05, 0.1) is 6.61 Å². The average Bonchev–Trinajstić information content (AvgIpc) is 2.31. The van der Waals surface area contributed by atoms with Gasteiger partial charge in [-0.2, -0.15) is 0 Å². The predicted molar refractivity (Wildman–Crippen MR) is 58.0 cm³/mol. The predicted octanol–water partition coefficient (Wildman–Crippen LogP) is 2.37. The molecule has 2 rings (SSSR count). The quantitative estimate of drug-likeness (QED) is 0.651. The number of rotatable bonds is 1. The minimum Gasteiger partial charge on any atom is -0.348 e. The van der Waals surface area contributed by atoms with Crippen LogP contribution in [0.25, 0.3) is 0 Å². The first kappa shape index (κ1) is 10.2. The first-order valence-electron chi connectivity index (χ1n) is 5.09. The van der Waals surface area contributed by atoms with Crippen molar-refractivity contribution in [2.45, 2.75) is 19.3 Å². The lowest BCUT2D eigenvalue weighted by molar-refractivity contribution is -0.222. The van der Waals surface area contributed by atoms with Gasteiger partial charge in [-0.15, -0.1) is 6.42 Å². The van der Waals surface area contributed by atoms with E-state index in [2.05, 4.69) is 5.92 Å². The highest BCUT2D eigenvalue weighted by Crippen LogP contribution is 2.28. The highest BCUT2D eigenvalue weighted by molar-refractivity contribution is 5.17. The van der Waals surface area contributed by atoms with E-state index in [4.69, 9.17) is 15.9 Å². The minimum absolute atomic E-state index is 0.149. The monoisotopic (exact) mass is 202 g/mol. The first-order chi connectivity index (χ1) is 7.31. The van der Waals surface area contributed by atoms with Crippen LogP contribution in [0.2, 0.25) is 0 Å². The fourth-order valence-electron chi connectivity index (χ4n) is 1.62.